The van der Waals surface area contributed by atoms with Gasteiger partial charge in [0.1, 0.15) is 10.6 Å². The molecule has 2 aromatic rings. The van der Waals surface area contributed by atoms with Crippen molar-refractivity contribution in [3.63, 3.8) is 0 Å². The number of anilines is 1. The monoisotopic (exact) mass is 323 g/mol. The number of thiophene rings is 1. The number of rotatable bonds is 3. The van der Waals surface area contributed by atoms with Crippen molar-refractivity contribution in [3.05, 3.63) is 16.8 Å². The van der Waals surface area contributed by atoms with Gasteiger partial charge in [-0.05, 0) is 25.8 Å². The molecule has 0 bridgehead atoms. The van der Waals surface area contributed by atoms with Crippen LogP contribution in [-0.2, 0) is 5.92 Å². The topological polar surface area (TPSA) is 37.8 Å². The molecule has 0 aromatic carbocycles. The van der Waals surface area contributed by atoms with Gasteiger partial charge in [0.05, 0.1) is 5.39 Å². The summed E-state index contributed by atoms with van der Waals surface area (Å²) < 4.78 is 64.4. The van der Waals surface area contributed by atoms with E-state index in [2.05, 4.69) is 15.3 Å². The van der Waals surface area contributed by atoms with Crippen LogP contribution in [0.2, 0.25) is 0 Å². The molecular formula is C12H10F5N3S. The number of aromatic nitrogens is 2. The summed E-state index contributed by atoms with van der Waals surface area (Å²) in [5.41, 5.74) is 0. The fourth-order valence-corrected chi connectivity index (χ4v) is 2.72. The van der Waals surface area contributed by atoms with Crippen LogP contribution in [-0.4, -0.2) is 22.2 Å². The Morgan fingerprint density at radius 3 is 2.43 bits per heavy atom. The number of alkyl halides is 5. The van der Waals surface area contributed by atoms with Crippen molar-refractivity contribution in [1.29, 1.82) is 0 Å². The van der Waals surface area contributed by atoms with E-state index in [9.17, 15) is 22.0 Å². The van der Waals surface area contributed by atoms with Crippen LogP contribution in [0.15, 0.2) is 6.07 Å². The molecule has 1 fully saturated rings. The van der Waals surface area contributed by atoms with Crippen molar-refractivity contribution in [2.45, 2.75) is 37.9 Å². The van der Waals surface area contributed by atoms with Crippen LogP contribution >= 0.6 is 11.3 Å². The first-order chi connectivity index (χ1) is 9.68. The summed E-state index contributed by atoms with van der Waals surface area (Å²) >= 11 is 1.06. The number of nitrogens with one attached hydrogen (secondary N) is 1. The molecule has 1 aliphatic carbocycles. The third kappa shape index (κ3) is 2.54. The highest BCUT2D eigenvalue weighted by molar-refractivity contribution is 7.18. The van der Waals surface area contributed by atoms with Crippen LogP contribution in [0.4, 0.5) is 27.8 Å². The summed E-state index contributed by atoms with van der Waals surface area (Å²) in [6, 6.07) is 1.76. The van der Waals surface area contributed by atoms with Crippen molar-refractivity contribution in [3.8, 4) is 0 Å². The minimum atomic E-state index is -5.72. The molecule has 0 unspecified atom stereocenters. The SMILES string of the molecule is Cc1cc2c(NC3CC3)nc(C(F)(F)C(F)(F)F)nc2s1. The van der Waals surface area contributed by atoms with E-state index in [1.54, 1.807) is 13.0 Å². The molecule has 9 heteroatoms. The number of halogens is 5. The Bertz CT molecular complexity index is 690. The van der Waals surface area contributed by atoms with Gasteiger partial charge in [-0.25, -0.2) is 9.97 Å². The van der Waals surface area contributed by atoms with Gasteiger partial charge in [0.15, 0.2) is 0 Å². The summed E-state index contributed by atoms with van der Waals surface area (Å²) in [6.45, 7) is 1.73. The van der Waals surface area contributed by atoms with Crippen LogP contribution in [0.1, 0.15) is 23.5 Å². The highest BCUT2D eigenvalue weighted by Crippen LogP contribution is 2.44. The van der Waals surface area contributed by atoms with Crippen LogP contribution < -0.4 is 5.32 Å². The van der Waals surface area contributed by atoms with Crippen LogP contribution in [0.25, 0.3) is 10.2 Å². The molecule has 2 aromatic heterocycles. The minimum Gasteiger partial charge on any atom is -0.367 e. The van der Waals surface area contributed by atoms with Crippen molar-refractivity contribution < 1.29 is 22.0 Å². The Hall–Kier alpha value is -1.51. The smallest absolute Gasteiger partial charge is 0.367 e. The highest BCUT2D eigenvalue weighted by Gasteiger charge is 2.61. The van der Waals surface area contributed by atoms with Gasteiger partial charge >= 0.3 is 12.1 Å². The van der Waals surface area contributed by atoms with Crippen molar-refractivity contribution in [2.24, 2.45) is 0 Å². The molecular weight excluding hydrogens is 313 g/mol. The van der Waals surface area contributed by atoms with Crippen LogP contribution in [0, 0.1) is 6.92 Å². The molecule has 0 spiro atoms. The predicted molar refractivity (Wildman–Crippen MR) is 68.7 cm³/mol. The summed E-state index contributed by atoms with van der Waals surface area (Å²) in [7, 11) is 0. The Labute approximate surface area is 120 Å². The summed E-state index contributed by atoms with van der Waals surface area (Å²) in [5, 5.41) is 3.37. The van der Waals surface area contributed by atoms with E-state index in [1.165, 1.54) is 0 Å². The number of aryl methyl sites for hydroxylation is 1. The minimum absolute atomic E-state index is 0.0470. The molecule has 3 nitrogen and oxygen atoms in total. The van der Waals surface area contributed by atoms with Gasteiger partial charge in [-0.15, -0.1) is 11.3 Å². The maximum absolute atomic E-state index is 13.5. The Morgan fingerprint density at radius 1 is 1.19 bits per heavy atom. The zero-order chi connectivity index (χ0) is 15.4. The van der Waals surface area contributed by atoms with Crippen LogP contribution in [0.3, 0.4) is 0 Å². The number of nitrogens with zero attached hydrogens (tertiary/aromatic N) is 2. The molecule has 0 saturated heterocycles. The van der Waals surface area contributed by atoms with Gasteiger partial charge in [0, 0.05) is 10.9 Å². The van der Waals surface area contributed by atoms with Gasteiger partial charge in [0.25, 0.3) is 0 Å². The zero-order valence-corrected chi connectivity index (χ0v) is 11.6. The molecule has 114 valence electrons. The van der Waals surface area contributed by atoms with Crippen LogP contribution in [0.5, 0.6) is 0 Å². The second kappa shape index (κ2) is 4.49. The standard InChI is InChI=1S/C12H10F5N3S/c1-5-4-7-8(18-6-2-3-6)19-10(20-9(7)21-5)11(13,14)12(15,16)17/h4,6H,2-3H2,1H3,(H,18,19,20). The first-order valence-electron chi connectivity index (χ1n) is 6.18. The Balaban J connectivity index is 2.15. The van der Waals surface area contributed by atoms with Gasteiger partial charge < -0.3 is 5.32 Å². The molecule has 0 aliphatic heterocycles. The lowest BCUT2D eigenvalue weighted by Gasteiger charge is -2.18. The van der Waals surface area contributed by atoms with Crippen molar-refractivity contribution >= 4 is 27.4 Å². The lowest BCUT2D eigenvalue weighted by molar-refractivity contribution is -0.292. The van der Waals surface area contributed by atoms with E-state index in [0.29, 0.717) is 5.39 Å². The van der Waals surface area contributed by atoms with Gasteiger partial charge in [0.2, 0.25) is 5.82 Å². The molecule has 0 radical (unpaired) electrons. The first-order valence-corrected chi connectivity index (χ1v) is 7.00. The fourth-order valence-electron chi connectivity index (χ4n) is 1.84. The lowest BCUT2D eigenvalue weighted by Crippen LogP contribution is -2.35. The highest BCUT2D eigenvalue weighted by atomic mass is 32.1. The van der Waals surface area contributed by atoms with Gasteiger partial charge in [-0.2, -0.15) is 22.0 Å². The summed E-state index contributed by atoms with van der Waals surface area (Å²) in [5.74, 6) is -6.53. The summed E-state index contributed by atoms with van der Waals surface area (Å²) in [4.78, 5) is 7.77. The fraction of sp³-hybridized carbons (Fsp3) is 0.500. The van der Waals surface area contributed by atoms with E-state index in [1.807, 2.05) is 0 Å². The van der Waals surface area contributed by atoms with E-state index in [0.717, 1.165) is 29.1 Å². The van der Waals surface area contributed by atoms with Crippen molar-refractivity contribution in [1.82, 2.24) is 9.97 Å². The second-order valence-electron chi connectivity index (χ2n) is 4.96. The molecule has 0 atom stereocenters. The molecule has 3 rings (SSSR count). The first kappa shape index (κ1) is 14.4. The zero-order valence-electron chi connectivity index (χ0n) is 10.8. The number of fused-ring (bicyclic) bond motifs is 1. The molecule has 0 amide bonds. The average molecular weight is 323 g/mol. The third-order valence-electron chi connectivity index (χ3n) is 3.07. The Morgan fingerprint density at radius 2 is 1.86 bits per heavy atom. The lowest BCUT2D eigenvalue weighted by atomic mass is 10.2. The number of hydrogen-bond acceptors (Lipinski definition) is 4. The molecule has 1 N–H and O–H groups in total. The largest absolute Gasteiger partial charge is 0.461 e. The van der Waals surface area contributed by atoms with E-state index in [-0.39, 0.29) is 16.7 Å². The van der Waals surface area contributed by atoms with Crippen molar-refractivity contribution in [2.75, 3.05) is 5.32 Å². The Kier molecular flexibility index (Phi) is 3.09. The predicted octanol–water partition coefficient (Wildman–Crippen LogP) is 4.23. The number of hydrogen-bond donors (Lipinski definition) is 1. The molecule has 1 saturated carbocycles. The quantitative estimate of drug-likeness (QED) is 0.859. The molecule has 2 heterocycles. The summed E-state index contributed by atoms with van der Waals surface area (Å²) in [6.07, 6.45) is -4.02. The molecule has 1 aliphatic rings. The van der Waals surface area contributed by atoms with E-state index >= 15 is 0 Å². The maximum Gasteiger partial charge on any atom is 0.461 e. The maximum atomic E-state index is 13.5. The van der Waals surface area contributed by atoms with Gasteiger partial charge in [-0.1, -0.05) is 0 Å². The van der Waals surface area contributed by atoms with E-state index < -0.39 is 17.9 Å². The van der Waals surface area contributed by atoms with Gasteiger partial charge in [-0.3, -0.25) is 0 Å². The molecule has 21 heavy (non-hydrogen) atoms. The third-order valence-corrected chi connectivity index (χ3v) is 4.02. The second-order valence-corrected chi connectivity index (χ2v) is 6.20. The normalized spacial score (nSPS) is 16.5. The average Bonchev–Trinajstić information content (AvgIpc) is 3.07. The van der Waals surface area contributed by atoms with E-state index in [4.69, 9.17) is 0 Å².